The number of piperazine rings is 1. The molecule has 1 aromatic carbocycles. The van der Waals surface area contributed by atoms with E-state index in [-0.39, 0.29) is 11.9 Å². The minimum Gasteiger partial charge on any atom is -0.501 e. The molecule has 32 heavy (non-hydrogen) atoms. The van der Waals surface area contributed by atoms with Crippen molar-refractivity contribution in [3.8, 4) is 0 Å². The third kappa shape index (κ3) is 4.81. The topological polar surface area (TPSA) is 60.7 Å². The van der Waals surface area contributed by atoms with Crippen molar-refractivity contribution >= 4 is 17.5 Å². The summed E-state index contributed by atoms with van der Waals surface area (Å²) in [4.78, 5) is 21.9. The van der Waals surface area contributed by atoms with Crippen LogP contribution in [0.15, 0.2) is 40.1 Å². The number of ether oxygens (including phenoxy) is 1. The van der Waals surface area contributed by atoms with Gasteiger partial charge < -0.3 is 14.5 Å². The van der Waals surface area contributed by atoms with Gasteiger partial charge in [-0.25, -0.2) is 0 Å². The molecule has 0 saturated carbocycles. The summed E-state index contributed by atoms with van der Waals surface area (Å²) in [6.07, 6.45) is 4.76. The Morgan fingerprint density at radius 3 is 2.62 bits per heavy atom. The molecule has 0 aliphatic carbocycles. The van der Waals surface area contributed by atoms with E-state index in [1.54, 1.807) is 7.11 Å². The van der Waals surface area contributed by atoms with Crippen molar-refractivity contribution in [1.29, 1.82) is 0 Å². The molecule has 3 aliphatic heterocycles. The minimum atomic E-state index is 0.159. The van der Waals surface area contributed by atoms with Crippen LogP contribution < -0.4 is 0 Å². The number of carbonyl (C=O) groups excluding carboxylic acids is 1. The Morgan fingerprint density at radius 2 is 1.94 bits per heavy atom. The second-order valence-corrected chi connectivity index (χ2v) is 8.88. The number of amidine groups is 1. The van der Waals surface area contributed by atoms with Crippen molar-refractivity contribution in [2.24, 2.45) is 10.1 Å². The van der Waals surface area contributed by atoms with E-state index >= 15 is 0 Å². The van der Waals surface area contributed by atoms with Crippen LogP contribution in [-0.4, -0.2) is 84.7 Å². The number of hydrazone groups is 1. The number of carbonyl (C=O) groups is 1. The fraction of sp³-hybridized carbons (Fsp3) is 0.560. The second kappa shape index (κ2) is 9.76. The molecule has 1 unspecified atom stereocenters. The molecule has 1 atom stereocenters. The molecule has 1 aromatic rings. The SMILES string of the molecule is CCC1CC(c2ccc(C)c(C)c2)=NN1CC(=O)N1CCN(C2=NCCC(OC)=C2)CC1. The molecule has 0 N–H and O–H groups in total. The smallest absolute Gasteiger partial charge is 0.243 e. The average Bonchev–Trinajstić information content (AvgIpc) is 3.23. The van der Waals surface area contributed by atoms with Gasteiger partial charge in [-0.1, -0.05) is 19.1 Å². The maximum absolute atomic E-state index is 13.1. The Kier molecular flexibility index (Phi) is 6.82. The Hall–Kier alpha value is -2.83. The number of methoxy groups -OCH3 is 1. The van der Waals surface area contributed by atoms with Gasteiger partial charge in [0.05, 0.1) is 18.9 Å². The van der Waals surface area contributed by atoms with Crippen molar-refractivity contribution < 1.29 is 9.53 Å². The summed E-state index contributed by atoms with van der Waals surface area (Å²) in [6.45, 7) is 10.6. The molecule has 3 aliphatic rings. The van der Waals surface area contributed by atoms with Gasteiger partial charge in [0.2, 0.25) is 5.91 Å². The fourth-order valence-corrected chi connectivity index (χ4v) is 4.54. The van der Waals surface area contributed by atoms with E-state index < -0.39 is 0 Å². The first kappa shape index (κ1) is 22.4. The Balaban J connectivity index is 1.36. The maximum atomic E-state index is 13.1. The van der Waals surface area contributed by atoms with Crippen LogP contribution in [0.25, 0.3) is 0 Å². The lowest BCUT2D eigenvalue weighted by atomic mass is 9.99. The highest BCUT2D eigenvalue weighted by atomic mass is 16.5. The van der Waals surface area contributed by atoms with E-state index in [1.807, 2.05) is 16.0 Å². The van der Waals surface area contributed by atoms with Gasteiger partial charge in [-0.15, -0.1) is 0 Å². The summed E-state index contributed by atoms with van der Waals surface area (Å²) in [6, 6.07) is 6.80. The number of hydrogen-bond donors (Lipinski definition) is 0. The number of aliphatic imine (C=N–C) groups is 1. The van der Waals surface area contributed by atoms with Crippen molar-refractivity contribution in [2.45, 2.75) is 46.1 Å². The van der Waals surface area contributed by atoms with Crippen molar-refractivity contribution in [3.05, 3.63) is 46.7 Å². The van der Waals surface area contributed by atoms with Crippen molar-refractivity contribution in [2.75, 3.05) is 46.4 Å². The van der Waals surface area contributed by atoms with E-state index in [0.717, 1.165) is 56.2 Å². The van der Waals surface area contributed by atoms with Gasteiger partial charge in [-0.2, -0.15) is 5.10 Å². The summed E-state index contributed by atoms with van der Waals surface area (Å²) in [7, 11) is 1.71. The van der Waals surface area contributed by atoms with Crippen LogP contribution in [0.3, 0.4) is 0 Å². The highest BCUT2D eigenvalue weighted by molar-refractivity contribution is 6.02. The Bertz CT molecular complexity index is 944. The number of dihydropyridines is 1. The lowest BCUT2D eigenvalue weighted by Crippen LogP contribution is -2.52. The molecular weight excluding hydrogens is 402 g/mol. The molecule has 0 radical (unpaired) electrons. The predicted octanol–water partition coefficient (Wildman–Crippen LogP) is 2.97. The maximum Gasteiger partial charge on any atom is 0.243 e. The number of hydrogen-bond acceptors (Lipinski definition) is 6. The highest BCUT2D eigenvalue weighted by Gasteiger charge is 2.30. The minimum absolute atomic E-state index is 0.159. The lowest BCUT2D eigenvalue weighted by molar-refractivity contribution is -0.134. The zero-order valence-corrected chi connectivity index (χ0v) is 19.8. The number of rotatable bonds is 5. The first-order valence-corrected chi connectivity index (χ1v) is 11.7. The van der Waals surface area contributed by atoms with Gasteiger partial charge in [0, 0.05) is 51.6 Å². The number of benzene rings is 1. The first-order chi connectivity index (χ1) is 15.5. The van der Waals surface area contributed by atoms with Crippen LogP contribution in [0.4, 0.5) is 0 Å². The summed E-state index contributed by atoms with van der Waals surface area (Å²) in [5, 5.41) is 6.89. The third-order valence-corrected chi connectivity index (χ3v) is 6.85. The van der Waals surface area contributed by atoms with Gasteiger partial charge >= 0.3 is 0 Å². The summed E-state index contributed by atoms with van der Waals surface area (Å²) in [5.74, 6) is 2.12. The van der Waals surface area contributed by atoms with Crippen LogP contribution in [-0.2, 0) is 9.53 Å². The van der Waals surface area contributed by atoms with Crippen molar-refractivity contribution in [1.82, 2.24) is 14.8 Å². The van der Waals surface area contributed by atoms with E-state index in [1.165, 1.54) is 16.7 Å². The second-order valence-electron chi connectivity index (χ2n) is 8.88. The van der Waals surface area contributed by atoms with Crippen LogP contribution in [0.5, 0.6) is 0 Å². The fourth-order valence-electron chi connectivity index (χ4n) is 4.54. The van der Waals surface area contributed by atoms with E-state index in [0.29, 0.717) is 19.6 Å². The molecule has 7 heteroatoms. The molecule has 0 aromatic heterocycles. The Labute approximate surface area is 191 Å². The zero-order valence-electron chi connectivity index (χ0n) is 19.8. The molecule has 0 bridgehead atoms. The third-order valence-electron chi connectivity index (χ3n) is 6.85. The van der Waals surface area contributed by atoms with Crippen LogP contribution >= 0.6 is 0 Å². The number of amides is 1. The monoisotopic (exact) mass is 437 g/mol. The van der Waals surface area contributed by atoms with E-state index in [4.69, 9.17) is 9.84 Å². The quantitative estimate of drug-likeness (QED) is 0.711. The molecule has 1 fully saturated rings. The highest BCUT2D eigenvalue weighted by Crippen LogP contribution is 2.24. The van der Waals surface area contributed by atoms with Gasteiger partial charge in [0.25, 0.3) is 0 Å². The summed E-state index contributed by atoms with van der Waals surface area (Å²) < 4.78 is 5.39. The van der Waals surface area contributed by atoms with Crippen LogP contribution in [0.1, 0.15) is 42.9 Å². The molecule has 0 spiro atoms. The first-order valence-electron chi connectivity index (χ1n) is 11.7. The summed E-state index contributed by atoms with van der Waals surface area (Å²) >= 11 is 0. The zero-order chi connectivity index (χ0) is 22.7. The number of nitrogens with zero attached hydrogens (tertiary/aromatic N) is 5. The van der Waals surface area contributed by atoms with Gasteiger partial charge in [-0.3, -0.25) is 14.8 Å². The van der Waals surface area contributed by atoms with E-state index in [2.05, 4.69) is 48.9 Å². The van der Waals surface area contributed by atoms with E-state index in [9.17, 15) is 4.79 Å². The normalized spacial score (nSPS) is 21.3. The standard InChI is InChI=1S/C25H35N5O2/c1-5-21-15-23(20-7-6-18(2)19(3)14-20)27-30(21)17-25(31)29-12-10-28(11-13-29)24-16-22(32-4)8-9-26-24/h6-7,14,16,21H,5,8-13,15,17H2,1-4H3. The van der Waals surface area contributed by atoms with Gasteiger partial charge in [-0.05, 0) is 43.0 Å². The predicted molar refractivity (Wildman–Crippen MR) is 128 cm³/mol. The molecular formula is C25H35N5O2. The Morgan fingerprint density at radius 1 is 1.16 bits per heavy atom. The molecule has 1 saturated heterocycles. The molecule has 7 nitrogen and oxygen atoms in total. The van der Waals surface area contributed by atoms with Gasteiger partial charge in [0.15, 0.2) is 0 Å². The van der Waals surface area contributed by atoms with Crippen LogP contribution in [0.2, 0.25) is 0 Å². The van der Waals surface area contributed by atoms with Crippen LogP contribution in [0, 0.1) is 13.8 Å². The lowest BCUT2D eigenvalue weighted by Gasteiger charge is -2.37. The van der Waals surface area contributed by atoms with Gasteiger partial charge in [0.1, 0.15) is 18.1 Å². The molecule has 1 amide bonds. The largest absolute Gasteiger partial charge is 0.501 e. The summed E-state index contributed by atoms with van der Waals surface area (Å²) in [5.41, 5.74) is 4.83. The molecule has 4 rings (SSSR count). The molecule has 3 heterocycles. The molecule has 172 valence electrons. The average molecular weight is 438 g/mol. The van der Waals surface area contributed by atoms with Crippen molar-refractivity contribution in [3.63, 3.8) is 0 Å². The number of aryl methyl sites for hydroxylation is 2.